The van der Waals surface area contributed by atoms with Crippen molar-refractivity contribution in [2.45, 2.75) is 12.8 Å². The Morgan fingerprint density at radius 1 is 0.735 bits per heavy atom. The monoisotopic (exact) mass is 474 g/mol. The molecule has 0 saturated carbocycles. The summed E-state index contributed by atoms with van der Waals surface area (Å²) in [7, 11) is 0. The molecule has 1 aliphatic heterocycles. The van der Waals surface area contributed by atoms with Crippen molar-refractivity contribution in [1.82, 2.24) is 9.80 Å². The van der Waals surface area contributed by atoms with Crippen LogP contribution >= 0.6 is 0 Å². The van der Waals surface area contributed by atoms with Gasteiger partial charge in [-0.15, -0.1) is 0 Å². The molecule has 3 rings (SSSR count). The van der Waals surface area contributed by atoms with Crippen molar-refractivity contribution < 1.29 is 18.3 Å². The maximum absolute atomic E-state index is 13.8. The fraction of sp³-hybridized carbons (Fsp3) is 0.417. The molecule has 0 unspecified atom stereocenters. The summed E-state index contributed by atoms with van der Waals surface area (Å²) in [4.78, 5) is 4.77. The number of nitrogens with one attached hydrogen (secondary N) is 2. The van der Waals surface area contributed by atoms with E-state index in [1.807, 2.05) is 0 Å². The third-order valence-electron chi connectivity index (χ3n) is 5.70. The zero-order valence-corrected chi connectivity index (χ0v) is 19.2. The summed E-state index contributed by atoms with van der Waals surface area (Å²) in [5.41, 5.74) is 10.8. The minimum atomic E-state index is -0.551. The quantitative estimate of drug-likeness (QED) is 0.213. The van der Waals surface area contributed by atoms with Gasteiger partial charge in [0.15, 0.2) is 0 Å². The van der Waals surface area contributed by atoms with Crippen molar-refractivity contribution in [3.8, 4) is 11.5 Å². The second-order valence-electron chi connectivity index (χ2n) is 8.20. The van der Waals surface area contributed by atoms with Gasteiger partial charge in [-0.3, -0.25) is 10.8 Å². The highest BCUT2D eigenvalue weighted by Gasteiger charge is 2.16. The number of amidine groups is 2. The van der Waals surface area contributed by atoms with E-state index in [1.54, 1.807) is 12.1 Å². The zero-order chi connectivity index (χ0) is 24.5. The molecule has 1 saturated heterocycles. The van der Waals surface area contributed by atoms with Gasteiger partial charge < -0.3 is 30.7 Å². The molecule has 0 aromatic heterocycles. The summed E-state index contributed by atoms with van der Waals surface area (Å²) in [5.74, 6) is -0.827. The van der Waals surface area contributed by atoms with Crippen LogP contribution in [0.25, 0.3) is 0 Å². The van der Waals surface area contributed by atoms with Crippen molar-refractivity contribution in [2.75, 3.05) is 52.5 Å². The van der Waals surface area contributed by atoms with Crippen LogP contribution < -0.4 is 20.9 Å². The lowest BCUT2D eigenvalue weighted by Gasteiger charge is -2.34. The number of ether oxygens (including phenoxy) is 2. The van der Waals surface area contributed by atoms with E-state index in [1.165, 1.54) is 24.3 Å². The van der Waals surface area contributed by atoms with E-state index in [2.05, 4.69) is 9.80 Å². The van der Waals surface area contributed by atoms with Crippen LogP contribution in [0.15, 0.2) is 36.4 Å². The Bertz CT molecular complexity index is 916. The third-order valence-corrected chi connectivity index (χ3v) is 5.70. The number of nitrogen functional groups attached to an aromatic ring is 2. The highest BCUT2D eigenvalue weighted by molar-refractivity contribution is 5.95. The van der Waals surface area contributed by atoms with Crippen LogP contribution in [0.1, 0.15) is 24.0 Å². The molecule has 2 aromatic rings. The first kappa shape index (κ1) is 25.4. The van der Waals surface area contributed by atoms with Gasteiger partial charge in [0.25, 0.3) is 0 Å². The smallest absolute Gasteiger partial charge is 0.137 e. The molecule has 0 bridgehead atoms. The Balaban J connectivity index is 1.26. The normalized spacial score (nSPS) is 14.6. The summed E-state index contributed by atoms with van der Waals surface area (Å²) >= 11 is 0. The lowest BCUT2D eigenvalue weighted by Crippen LogP contribution is -2.47. The minimum Gasteiger partial charge on any atom is -0.493 e. The number of benzene rings is 2. The summed E-state index contributed by atoms with van der Waals surface area (Å²) in [6.45, 7) is 6.69. The lowest BCUT2D eigenvalue weighted by atomic mass is 10.2. The molecule has 184 valence electrons. The number of piperazine rings is 1. The molecule has 2 aromatic carbocycles. The molecule has 0 radical (unpaired) electrons. The van der Waals surface area contributed by atoms with E-state index in [0.29, 0.717) is 24.7 Å². The molecular formula is C24H32F2N6O2. The maximum atomic E-state index is 13.8. The Labute approximate surface area is 198 Å². The third kappa shape index (κ3) is 7.39. The molecule has 1 fully saturated rings. The second kappa shape index (κ2) is 12.3. The first-order valence-electron chi connectivity index (χ1n) is 11.3. The summed E-state index contributed by atoms with van der Waals surface area (Å²) < 4.78 is 38.9. The van der Waals surface area contributed by atoms with Gasteiger partial charge in [0.2, 0.25) is 0 Å². The SMILES string of the molecule is N=C(N)c1ccc(OCCCN2CCN(CCCOc3ccc(C(=N)N)c(F)c3)CC2)cc1F. The van der Waals surface area contributed by atoms with E-state index < -0.39 is 11.6 Å². The number of halogens is 2. The molecule has 0 amide bonds. The molecular weight excluding hydrogens is 442 g/mol. The highest BCUT2D eigenvalue weighted by Crippen LogP contribution is 2.18. The minimum absolute atomic E-state index is 0.0778. The van der Waals surface area contributed by atoms with Gasteiger partial charge in [0.1, 0.15) is 34.8 Å². The van der Waals surface area contributed by atoms with Gasteiger partial charge >= 0.3 is 0 Å². The summed E-state index contributed by atoms with van der Waals surface area (Å²) in [6.07, 6.45) is 1.67. The van der Waals surface area contributed by atoms with Crippen molar-refractivity contribution in [2.24, 2.45) is 11.5 Å². The van der Waals surface area contributed by atoms with E-state index >= 15 is 0 Å². The molecule has 1 heterocycles. The highest BCUT2D eigenvalue weighted by atomic mass is 19.1. The molecule has 8 nitrogen and oxygen atoms in total. The van der Waals surface area contributed by atoms with Crippen LogP contribution in [0.5, 0.6) is 11.5 Å². The number of nitrogens with zero attached hydrogens (tertiary/aromatic N) is 2. The number of hydrogen-bond donors (Lipinski definition) is 4. The molecule has 0 aliphatic carbocycles. The molecule has 6 N–H and O–H groups in total. The van der Waals surface area contributed by atoms with Gasteiger partial charge in [-0.2, -0.15) is 0 Å². The van der Waals surface area contributed by atoms with Crippen LogP contribution in [0.3, 0.4) is 0 Å². The Hall–Kier alpha value is -3.24. The number of nitrogens with two attached hydrogens (primary N) is 2. The van der Waals surface area contributed by atoms with Gasteiger partial charge in [-0.05, 0) is 37.1 Å². The molecule has 0 spiro atoms. The average molecular weight is 475 g/mol. The number of hydrogen-bond acceptors (Lipinski definition) is 6. The van der Waals surface area contributed by atoms with Gasteiger partial charge in [-0.25, -0.2) is 8.78 Å². The van der Waals surface area contributed by atoms with Crippen molar-refractivity contribution in [1.29, 1.82) is 10.8 Å². The van der Waals surface area contributed by atoms with Crippen molar-refractivity contribution >= 4 is 11.7 Å². The topological polar surface area (TPSA) is 125 Å². The van der Waals surface area contributed by atoms with Crippen LogP contribution in [0, 0.1) is 22.5 Å². The molecule has 10 heteroatoms. The Kier molecular flexibility index (Phi) is 9.17. The number of rotatable bonds is 12. The van der Waals surface area contributed by atoms with E-state index in [-0.39, 0.29) is 22.8 Å². The maximum Gasteiger partial charge on any atom is 0.137 e. The van der Waals surface area contributed by atoms with Crippen LogP contribution in [-0.2, 0) is 0 Å². The largest absolute Gasteiger partial charge is 0.493 e. The fourth-order valence-corrected chi connectivity index (χ4v) is 3.80. The van der Waals surface area contributed by atoms with Crippen LogP contribution in [0.2, 0.25) is 0 Å². The zero-order valence-electron chi connectivity index (χ0n) is 19.2. The van der Waals surface area contributed by atoms with Crippen molar-refractivity contribution in [3.63, 3.8) is 0 Å². The predicted octanol–water partition coefficient (Wildman–Crippen LogP) is 2.39. The van der Waals surface area contributed by atoms with Gasteiger partial charge in [-0.1, -0.05) is 0 Å². The predicted molar refractivity (Wildman–Crippen MR) is 128 cm³/mol. The molecule has 0 atom stereocenters. The van der Waals surface area contributed by atoms with Gasteiger partial charge in [0, 0.05) is 51.4 Å². The van der Waals surface area contributed by atoms with Crippen molar-refractivity contribution in [3.05, 3.63) is 59.2 Å². The average Bonchev–Trinajstić information content (AvgIpc) is 2.80. The van der Waals surface area contributed by atoms with E-state index in [9.17, 15) is 8.78 Å². The Morgan fingerprint density at radius 2 is 1.12 bits per heavy atom. The lowest BCUT2D eigenvalue weighted by molar-refractivity contribution is 0.120. The van der Waals surface area contributed by atoms with E-state index in [4.69, 9.17) is 31.8 Å². The fourth-order valence-electron chi connectivity index (χ4n) is 3.80. The van der Waals surface area contributed by atoms with Crippen LogP contribution in [-0.4, -0.2) is 74.0 Å². The molecule has 1 aliphatic rings. The first-order chi connectivity index (χ1) is 16.3. The Morgan fingerprint density at radius 3 is 1.44 bits per heavy atom. The second-order valence-corrected chi connectivity index (χ2v) is 8.20. The summed E-state index contributed by atoms with van der Waals surface area (Å²) in [5, 5.41) is 14.6. The first-order valence-corrected chi connectivity index (χ1v) is 11.3. The van der Waals surface area contributed by atoms with Gasteiger partial charge in [0.05, 0.1) is 24.3 Å². The van der Waals surface area contributed by atoms with Crippen LogP contribution in [0.4, 0.5) is 8.78 Å². The van der Waals surface area contributed by atoms with E-state index in [0.717, 1.165) is 52.1 Å². The molecule has 34 heavy (non-hydrogen) atoms. The standard InChI is InChI=1S/C24H32F2N6O2/c25-21-15-17(3-5-19(21)23(27)28)33-13-1-7-31-9-11-32(12-10-31)8-2-14-34-18-4-6-20(24(29)30)22(26)16-18/h3-6,15-16H,1-2,7-14H2,(H3,27,28)(H3,29,30). The summed E-state index contributed by atoms with van der Waals surface area (Å²) in [6, 6.07) is 8.69.